The van der Waals surface area contributed by atoms with E-state index >= 15 is 0 Å². The van der Waals surface area contributed by atoms with Crippen molar-refractivity contribution < 1.29 is 14.3 Å². The number of H-pyrrole nitrogens is 1. The summed E-state index contributed by atoms with van der Waals surface area (Å²) in [5.41, 5.74) is 6.71. The lowest BCUT2D eigenvalue weighted by Crippen LogP contribution is -2.45. The number of nitrogen functional groups attached to an aromatic ring is 1. The van der Waals surface area contributed by atoms with Crippen LogP contribution in [0, 0.1) is 5.92 Å². The number of methoxy groups -OCH3 is 1. The SMILES string of the molecule is CCCCn1c(N)c(N(CCOC)C(=O)C2CC(=O)N(c3ccccc3C(C)CC)C2)c(=O)[nH]c1=O. The number of ether oxygens (including phenoxy) is 1. The van der Waals surface area contributed by atoms with Crippen LogP contribution in [0.2, 0.25) is 0 Å². The molecule has 2 amide bonds. The standard InChI is InChI=1S/C26H37N5O5/c1-5-7-12-30-23(27)22(24(33)28-26(30)35)29(13-14-36-4)25(34)18-15-21(32)31(16-18)20-11-9-8-10-19(20)17(3)6-2/h8-11,17-18H,5-7,12-16,27H2,1-4H3,(H,28,33,35). The van der Waals surface area contributed by atoms with Gasteiger partial charge in [0.2, 0.25) is 11.8 Å². The molecule has 0 spiro atoms. The first-order chi connectivity index (χ1) is 17.2. The number of rotatable bonds is 11. The van der Waals surface area contributed by atoms with Gasteiger partial charge in [-0.05, 0) is 30.4 Å². The normalized spacial score (nSPS) is 16.4. The summed E-state index contributed by atoms with van der Waals surface area (Å²) in [6.07, 6.45) is 2.44. The molecule has 10 nitrogen and oxygen atoms in total. The Labute approximate surface area is 211 Å². The van der Waals surface area contributed by atoms with E-state index in [1.807, 2.05) is 31.2 Å². The summed E-state index contributed by atoms with van der Waals surface area (Å²) < 4.78 is 6.46. The molecule has 10 heteroatoms. The molecule has 1 aliphatic heterocycles. The molecule has 0 saturated carbocycles. The first-order valence-electron chi connectivity index (χ1n) is 12.6. The zero-order chi connectivity index (χ0) is 26.4. The van der Waals surface area contributed by atoms with Crippen molar-refractivity contribution in [2.24, 2.45) is 5.92 Å². The highest BCUT2D eigenvalue weighted by molar-refractivity contribution is 6.05. The lowest BCUT2D eigenvalue weighted by molar-refractivity contribution is -0.124. The van der Waals surface area contributed by atoms with E-state index in [9.17, 15) is 19.2 Å². The van der Waals surface area contributed by atoms with Crippen molar-refractivity contribution >= 4 is 29.0 Å². The van der Waals surface area contributed by atoms with Crippen LogP contribution in [0.25, 0.3) is 0 Å². The van der Waals surface area contributed by atoms with Crippen LogP contribution in [0.15, 0.2) is 33.9 Å². The van der Waals surface area contributed by atoms with Gasteiger partial charge in [0, 0.05) is 38.9 Å². The minimum absolute atomic E-state index is 0.0183. The van der Waals surface area contributed by atoms with Crippen LogP contribution in [0.5, 0.6) is 0 Å². The van der Waals surface area contributed by atoms with Crippen LogP contribution >= 0.6 is 0 Å². The van der Waals surface area contributed by atoms with Crippen molar-refractivity contribution in [3.63, 3.8) is 0 Å². The van der Waals surface area contributed by atoms with Crippen LogP contribution in [-0.4, -0.2) is 48.2 Å². The van der Waals surface area contributed by atoms with Crippen molar-refractivity contribution in [2.75, 3.05) is 42.3 Å². The van der Waals surface area contributed by atoms with Gasteiger partial charge in [-0.15, -0.1) is 0 Å². The second-order valence-corrected chi connectivity index (χ2v) is 9.25. The predicted octanol–water partition coefficient (Wildman–Crippen LogP) is 2.46. The second kappa shape index (κ2) is 12.0. The number of hydrogen-bond donors (Lipinski definition) is 2. The predicted molar refractivity (Wildman–Crippen MR) is 140 cm³/mol. The fourth-order valence-electron chi connectivity index (χ4n) is 4.59. The highest BCUT2D eigenvalue weighted by Crippen LogP contribution is 2.34. The number of benzene rings is 1. The van der Waals surface area contributed by atoms with Gasteiger partial charge in [-0.2, -0.15) is 0 Å². The molecule has 2 atom stereocenters. The van der Waals surface area contributed by atoms with Gasteiger partial charge in [-0.1, -0.05) is 45.4 Å². The Bertz CT molecular complexity index is 1200. The Morgan fingerprint density at radius 1 is 1.25 bits per heavy atom. The number of nitrogens with one attached hydrogen (secondary N) is 1. The molecular formula is C26H37N5O5. The van der Waals surface area contributed by atoms with Crippen LogP contribution in [0.4, 0.5) is 17.2 Å². The highest BCUT2D eigenvalue weighted by Gasteiger charge is 2.39. The molecule has 3 rings (SSSR count). The van der Waals surface area contributed by atoms with E-state index in [1.54, 1.807) is 4.90 Å². The fourth-order valence-corrected chi connectivity index (χ4v) is 4.59. The number of hydrogen-bond acceptors (Lipinski definition) is 6. The Morgan fingerprint density at radius 3 is 2.64 bits per heavy atom. The van der Waals surface area contributed by atoms with Crippen LogP contribution in [0.3, 0.4) is 0 Å². The number of aromatic nitrogens is 2. The van der Waals surface area contributed by atoms with Gasteiger partial charge in [0.05, 0.1) is 12.5 Å². The average molecular weight is 500 g/mol. The van der Waals surface area contributed by atoms with Crippen molar-refractivity contribution in [1.29, 1.82) is 0 Å². The lowest BCUT2D eigenvalue weighted by atomic mass is 9.96. The quantitative estimate of drug-likeness (QED) is 0.488. The fraction of sp³-hybridized carbons (Fsp3) is 0.538. The largest absolute Gasteiger partial charge is 0.383 e. The summed E-state index contributed by atoms with van der Waals surface area (Å²) >= 11 is 0. The molecule has 0 aliphatic carbocycles. The minimum Gasteiger partial charge on any atom is -0.383 e. The summed E-state index contributed by atoms with van der Waals surface area (Å²) in [5.74, 6) is -1.03. The number of anilines is 3. The van der Waals surface area contributed by atoms with Crippen LogP contribution < -0.4 is 26.8 Å². The third-order valence-electron chi connectivity index (χ3n) is 6.85. The van der Waals surface area contributed by atoms with Gasteiger partial charge in [0.25, 0.3) is 5.56 Å². The summed E-state index contributed by atoms with van der Waals surface area (Å²) in [6.45, 7) is 6.90. The van der Waals surface area contributed by atoms with E-state index in [2.05, 4.69) is 18.8 Å². The van der Waals surface area contributed by atoms with Gasteiger partial charge in [0.15, 0.2) is 5.69 Å². The Hall–Kier alpha value is -3.40. The van der Waals surface area contributed by atoms with E-state index in [-0.39, 0.29) is 49.4 Å². The van der Waals surface area contributed by atoms with E-state index < -0.39 is 23.1 Å². The molecule has 2 aromatic rings. The monoisotopic (exact) mass is 499 g/mol. The molecule has 3 N–H and O–H groups in total. The molecule has 0 bridgehead atoms. The van der Waals surface area contributed by atoms with Gasteiger partial charge in [-0.3, -0.25) is 23.9 Å². The average Bonchev–Trinajstić information content (AvgIpc) is 3.26. The van der Waals surface area contributed by atoms with E-state index in [0.717, 1.165) is 24.1 Å². The molecule has 1 aromatic heterocycles. The van der Waals surface area contributed by atoms with Gasteiger partial charge in [-0.25, -0.2) is 4.79 Å². The summed E-state index contributed by atoms with van der Waals surface area (Å²) in [5, 5.41) is 0. The zero-order valence-electron chi connectivity index (χ0n) is 21.6. The maximum Gasteiger partial charge on any atom is 0.330 e. The Morgan fingerprint density at radius 2 is 1.97 bits per heavy atom. The maximum atomic E-state index is 13.8. The second-order valence-electron chi connectivity index (χ2n) is 9.25. The number of carbonyl (C=O) groups excluding carboxylic acids is 2. The van der Waals surface area contributed by atoms with Crippen molar-refractivity contribution in [3.05, 3.63) is 50.7 Å². The highest BCUT2D eigenvalue weighted by atomic mass is 16.5. The lowest BCUT2D eigenvalue weighted by Gasteiger charge is -2.27. The third-order valence-corrected chi connectivity index (χ3v) is 6.85. The minimum atomic E-state index is -0.738. The molecule has 196 valence electrons. The number of amides is 2. The summed E-state index contributed by atoms with van der Waals surface area (Å²) in [4.78, 5) is 57.3. The Balaban J connectivity index is 1.97. The molecule has 2 unspecified atom stereocenters. The summed E-state index contributed by atoms with van der Waals surface area (Å²) in [6, 6.07) is 7.75. The third kappa shape index (κ3) is 5.53. The van der Waals surface area contributed by atoms with E-state index in [1.165, 1.54) is 16.6 Å². The number of nitrogens with two attached hydrogens (primary N) is 1. The number of unbranched alkanes of at least 4 members (excludes halogenated alkanes) is 1. The van der Waals surface area contributed by atoms with Gasteiger partial charge >= 0.3 is 5.69 Å². The molecule has 1 fully saturated rings. The molecular weight excluding hydrogens is 462 g/mol. The van der Waals surface area contributed by atoms with Gasteiger partial charge in [0.1, 0.15) is 5.82 Å². The molecule has 2 heterocycles. The number of aromatic amines is 1. The van der Waals surface area contributed by atoms with Crippen molar-refractivity contribution in [2.45, 2.75) is 58.9 Å². The summed E-state index contributed by atoms with van der Waals surface area (Å²) in [7, 11) is 1.49. The van der Waals surface area contributed by atoms with Gasteiger partial charge < -0.3 is 20.3 Å². The van der Waals surface area contributed by atoms with Crippen molar-refractivity contribution in [3.8, 4) is 0 Å². The van der Waals surface area contributed by atoms with E-state index in [0.29, 0.717) is 13.0 Å². The van der Waals surface area contributed by atoms with Crippen LogP contribution in [-0.2, 0) is 20.9 Å². The van der Waals surface area contributed by atoms with Crippen LogP contribution in [0.1, 0.15) is 57.9 Å². The number of para-hydroxylation sites is 1. The zero-order valence-corrected chi connectivity index (χ0v) is 21.6. The first-order valence-corrected chi connectivity index (χ1v) is 12.6. The number of carbonyl (C=O) groups is 2. The molecule has 1 saturated heterocycles. The molecule has 0 radical (unpaired) electrons. The smallest absolute Gasteiger partial charge is 0.330 e. The molecule has 1 aromatic carbocycles. The van der Waals surface area contributed by atoms with E-state index in [4.69, 9.17) is 10.5 Å². The first kappa shape index (κ1) is 27.2. The van der Waals surface area contributed by atoms with Crippen molar-refractivity contribution in [1.82, 2.24) is 9.55 Å². The topological polar surface area (TPSA) is 131 Å². The molecule has 36 heavy (non-hydrogen) atoms. The maximum absolute atomic E-state index is 13.8. The molecule has 1 aliphatic rings. The Kier molecular flexibility index (Phi) is 9.08. The number of nitrogens with zero attached hydrogens (tertiary/aromatic N) is 3.